The molecule has 0 spiro atoms. The zero-order chi connectivity index (χ0) is 23.4. The van der Waals surface area contributed by atoms with Gasteiger partial charge in [0.05, 0.1) is 10.7 Å². The molecule has 1 unspecified atom stereocenters. The summed E-state index contributed by atoms with van der Waals surface area (Å²) in [7, 11) is 0. The molecule has 0 saturated heterocycles. The molecular formula is C24H22ClFN4OS2. The van der Waals surface area contributed by atoms with Crippen LogP contribution < -0.4 is 4.74 Å². The van der Waals surface area contributed by atoms with Crippen LogP contribution in [0, 0.1) is 12.7 Å². The predicted molar refractivity (Wildman–Crippen MR) is 133 cm³/mol. The van der Waals surface area contributed by atoms with Gasteiger partial charge in [-0.05, 0) is 38.1 Å². The lowest BCUT2D eigenvalue weighted by Gasteiger charge is -2.16. The van der Waals surface area contributed by atoms with Crippen LogP contribution in [0.5, 0.6) is 5.75 Å². The van der Waals surface area contributed by atoms with Crippen molar-refractivity contribution >= 4 is 34.7 Å². The molecule has 33 heavy (non-hydrogen) atoms. The van der Waals surface area contributed by atoms with E-state index in [1.807, 2.05) is 17.6 Å². The van der Waals surface area contributed by atoms with Crippen LogP contribution in [-0.2, 0) is 12.3 Å². The Morgan fingerprint density at radius 3 is 2.88 bits per heavy atom. The van der Waals surface area contributed by atoms with E-state index < -0.39 is 11.9 Å². The number of thioether (sulfide) groups is 1. The minimum atomic E-state index is -0.443. The van der Waals surface area contributed by atoms with Crippen molar-refractivity contribution in [2.24, 2.45) is 0 Å². The number of nitrogens with zero attached hydrogens (tertiary/aromatic N) is 4. The molecule has 2 aromatic carbocycles. The fourth-order valence-electron chi connectivity index (χ4n) is 3.24. The third-order valence-electron chi connectivity index (χ3n) is 4.78. The van der Waals surface area contributed by atoms with Crippen molar-refractivity contribution in [2.75, 3.05) is 0 Å². The van der Waals surface area contributed by atoms with Crippen molar-refractivity contribution < 1.29 is 9.13 Å². The Balaban J connectivity index is 1.48. The number of benzene rings is 2. The predicted octanol–water partition coefficient (Wildman–Crippen LogP) is 7.12. The Labute approximate surface area is 205 Å². The van der Waals surface area contributed by atoms with E-state index >= 15 is 0 Å². The van der Waals surface area contributed by atoms with Gasteiger partial charge >= 0.3 is 0 Å². The second kappa shape index (κ2) is 10.5. The Bertz CT molecular complexity index is 1270. The number of hydrogen-bond donors (Lipinski definition) is 0. The maximum atomic E-state index is 13.3. The molecule has 0 saturated carbocycles. The summed E-state index contributed by atoms with van der Waals surface area (Å²) in [5.74, 6) is 1.27. The van der Waals surface area contributed by atoms with Crippen molar-refractivity contribution in [3.8, 4) is 16.3 Å². The normalized spacial score (nSPS) is 12.0. The summed E-state index contributed by atoms with van der Waals surface area (Å²) in [5.41, 5.74) is 3.32. The van der Waals surface area contributed by atoms with E-state index in [2.05, 4.69) is 47.3 Å². The molecule has 0 aliphatic heterocycles. The van der Waals surface area contributed by atoms with Gasteiger partial charge in [0.1, 0.15) is 16.6 Å². The Kier molecular flexibility index (Phi) is 7.47. The summed E-state index contributed by atoms with van der Waals surface area (Å²) in [4.78, 5) is 4.78. The summed E-state index contributed by atoms with van der Waals surface area (Å²) in [6.45, 7) is 8.31. The number of allylic oxidation sites excluding steroid dienone is 1. The number of hydrogen-bond acceptors (Lipinski definition) is 6. The maximum Gasteiger partial charge on any atom is 0.192 e. The van der Waals surface area contributed by atoms with Gasteiger partial charge in [-0.2, -0.15) is 0 Å². The van der Waals surface area contributed by atoms with E-state index in [9.17, 15) is 4.39 Å². The van der Waals surface area contributed by atoms with Gasteiger partial charge in [-0.3, -0.25) is 4.57 Å². The minimum Gasteiger partial charge on any atom is -0.481 e. The second-order valence-corrected chi connectivity index (χ2v) is 9.58. The minimum absolute atomic E-state index is 0.208. The van der Waals surface area contributed by atoms with Crippen LogP contribution in [0.2, 0.25) is 5.02 Å². The van der Waals surface area contributed by atoms with Gasteiger partial charge in [0.2, 0.25) is 0 Å². The van der Waals surface area contributed by atoms with Gasteiger partial charge in [0.25, 0.3) is 0 Å². The first-order valence-corrected chi connectivity index (χ1v) is 12.5. The Morgan fingerprint density at radius 1 is 1.27 bits per heavy atom. The molecule has 4 rings (SSSR count). The van der Waals surface area contributed by atoms with Crippen LogP contribution >= 0.6 is 34.7 Å². The van der Waals surface area contributed by atoms with E-state index in [1.165, 1.54) is 23.8 Å². The van der Waals surface area contributed by atoms with Gasteiger partial charge in [-0.1, -0.05) is 53.2 Å². The van der Waals surface area contributed by atoms with Gasteiger partial charge in [0, 0.05) is 23.2 Å². The number of aromatic nitrogens is 4. The Hall–Kier alpha value is -2.68. The van der Waals surface area contributed by atoms with Gasteiger partial charge in [-0.15, -0.1) is 28.1 Å². The molecule has 2 aromatic heterocycles. The van der Waals surface area contributed by atoms with E-state index in [-0.39, 0.29) is 5.02 Å². The third-order valence-corrected chi connectivity index (χ3v) is 7.02. The molecule has 4 aromatic rings. The van der Waals surface area contributed by atoms with Crippen LogP contribution in [0.3, 0.4) is 0 Å². The molecule has 0 radical (unpaired) electrons. The van der Waals surface area contributed by atoms with Crippen LogP contribution in [0.4, 0.5) is 4.39 Å². The van der Waals surface area contributed by atoms with Gasteiger partial charge in [-0.25, -0.2) is 9.37 Å². The molecule has 2 heterocycles. The van der Waals surface area contributed by atoms with Crippen LogP contribution in [-0.4, -0.2) is 19.7 Å². The maximum absolute atomic E-state index is 13.3. The standard InChI is InChI=1S/C24H22ClFN4OS2/c1-4-10-30-22(16(3)31-21-9-8-18(26)12-20(21)25)28-29-24(30)33-14-19-13-32-23(27-19)17-7-5-6-15(2)11-17/h4-9,11-13,16H,1,10,14H2,2-3H3. The highest BCUT2D eigenvalue weighted by molar-refractivity contribution is 7.98. The van der Waals surface area contributed by atoms with E-state index in [0.29, 0.717) is 23.9 Å². The van der Waals surface area contributed by atoms with Crippen molar-refractivity contribution in [2.45, 2.75) is 37.4 Å². The molecule has 0 N–H and O–H groups in total. The second-order valence-electron chi connectivity index (χ2n) is 7.38. The number of halogens is 2. The van der Waals surface area contributed by atoms with Crippen molar-refractivity contribution in [1.29, 1.82) is 0 Å². The van der Waals surface area contributed by atoms with Gasteiger partial charge < -0.3 is 4.74 Å². The van der Waals surface area contributed by atoms with Crippen molar-refractivity contribution in [1.82, 2.24) is 19.7 Å². The first kappa shape index (κ1) is 23.5. The van der Waals surface area contributed by atoms with Crippen molar-refractivity contribution in [3.05, 3.63) is 88.4 Å². The van der Waals surface area contributed by atoms with Crippen LogP contribution in [0.1, 0.15) is 30.1 Å². The summed E-state index contributed by atoms with van der Waals surface area (Å²) < 4.78 is 21.2. The SMILES string of the molecule is C=CCn1c(SCc2csc(-c3cccc(C)c3)n2)nnc1C(C)Oc1ccc(F)cc1Cl. The number of aryl methyl sites for hydroxylation is 1. The molecule has 170 valence electrons. The molecule has 0 bridgehead atoms. The lowest BCUT2D eigenvalue weighted by atomic mass is 10.1. The Morgan fingerprint density at radius 2 is 2.12 bits per heavy atom. The highest BCUT2D eigenvalue weighted by Gasteiger charge is 2.20. The molecule has 0 fully saturated rings. The highest BCUT2D eigenvalue weighted by atomic mass is 35.5. The summed E-state index contributed by atoms with van der Waals surface area (Å²) in [6.07, 6.45) is 1.34. The smallest absolute Gasteiger partial charge is 0.192 e. The molecule has 0 amide bonds. The largest absolute Gasteiger partial charge is 0.481 e. The molecule has 0 aliphatic carbocycles. The van der Waals surface area contributed by atoms with Crippen LogP contribution in [0.15, 0.2) is 65.7 Å². The number of thiazole rings is 1. The lowest BCUT2D eigenvalue weighted by Crippen LogP contribution is -2.12. The zero-order valence-electron chi connectivity index (χ0n) is 18.2. The first-order valence-electron chi connectivity index (χ1n) is 10.2. The van der Waals surface area contributed by atoms with Gasteiger partial charge in [0.15, 0.2) is 17.1 Å². The van der Waals surface area contributed by atoms with Crippen LogP contribution in [0.25, 0.3) is 10.6 Å². The monoisotopic (exact) mass is 500 g/mol. The summed E-state index contributed by atoms with van der Waals surface area (Å²) in [5, 5.41) is 12.7. The zero-order valence-corrected chi connectivity index (χ0v) is 20.6. The van der Waals surface area contributed by atoms with Crippen molar-refractivity contribution in [3.63, 3.8) is 0 Å². The first-order chi connectivity index (χ1) is 15.9. The van der Waals surface area contributed by atoms with E-state index in [0.717, 1.165) is 21.4 Å². The molecular weight excluding hydrogens is 479 g/mol. The fourth-order valence-corrected chi connectivity index (χ4v) is 5.23. The quantitative estimate of drug-likeness (QED) is 0.181. The fraction of sp³-hybridized carbons (Fsp3) is 0.208. The third kappa shape index (κ3) is 5.63. The number of rotatable bonds is 9. The average Bonchev–Trinajstić information content (AvgIpc) is 3.42. The topological polar surface area (TPSA) is 52.8 Å². The lowest BCUT2D eigenvalue weighted by molar-refractivity contribution is 0.210. The molecule has 9 heteroatoms. The number of ether oxygens (including phenoxy) is 1. The molecule has 5 nitrogen and oxygen atoms in total. The van der Waals surface area contributed by atoms with E-state index in [1.54, 1.807) is 29.2 Å². The summed E-state index contributed by atoms with van der Waals surface area (Å²) in [6, 6.07) is 12.4. The van der Waals surface area contributed by atoms with E-state index in [4.69, 9.17) is 21.3 Å². The molecule has 1 atom stereocenters. The summed E-state index contributed by atoms with van der Waals surface area (Å²) >= 11 is 9.29. The average molecular weight is 501 g/mol. The highest BCUT2D eigenvalue weighted by Crippen LogP contribution is 2.32. The molecule has 0 aliphatic rings.